The second-order valence-corrected chi connectivity index (χ2v) is 9.16. The number of nitrogens with one attached hydrogen (secondary N) is 1. The fourth-order valence-electron chi connectivity index (χ4n) is 3.25. The summed E-state index contributed by atoms with van der Waals surface area (Å²) in [7, 11) is -2.93. The van der Waals surface area contributed by atoms with Gasteiger partial charge in [-0.2, -0.15) is 0 Å². The lowest BCUT2D eigenvalue weighted by molar-refractivity contribution is 0.536. The first-order chi connectivity index (χ1) is 13.2. The van der Waals surface area contributed by atoms with E-state index in [-0.39, 0.29) is 6.04 Å². The Labute approximate surface area is 162 Å². The Bertz CT molecular complexity index is 835. The molecule has 0 saturated carbocycles. The molecule has 1 unspecified atom stereocenters. The average molecular weight is 375 g/mol. The summed E-state index contributed by atoms with van der Waals surface area (Å²) < 4.78 is 14.2. The van der Waals surface area contributed by atoms with Gasteiger partial charge in [0.1, 0.15) is 0 Å². The smallest absolute Gasteiger partial charge is 0.204 e. The molecule has 0 radical (unpaired) electrons. The van der Waals surface area contributed by atoms with Gasteiger partial charge in [0.25, 0.3) is 0 Å². The summed E-state index contributed by atoms with van der Waals surface area (Å²) >= 11 is 0. The van der Waals surface area contributed by atoms with Crippen LogP contribution in [-0.4, -0.2) is 6.04 Å². The van der Waals surface area contributed by atoms with Gasteiger partial charge in [-0.05, 0) is 49.1 Å². The Kier molecular flexibility index (Phi) is 6.81. The average Bonchev–Trinajstić information content (AvgIpc) is 2.74. The zero-order chi connectivity index (χ0) is 19.0. The minimum absolute atomic E-state index is 0.0916. The first-order valence-corrected chi connectivity index (χ1v) is 11.1. The van der Waals surface area contributed by atoms with E-state index in [2.05, 4.69) is 35.9 Å². The number of rotatable bonds is 9. The molecule has 0 amide bonds. The Morgan fingerprint density at radius 2 is 1.30 bits per heavy atom. The van der Waals surface area contributed by atoms with Gasteiger partial charge in [0, 0.05) is 16.7 Å². The van der Waals surface area contributed by atoms with Crippen LogP contribution in [0.3, 0.4) is 0 Å². The van der Waals surface area contributed by atoms with Crippen LogP contribution in [0.25, 0.3) is 0 Å². The van der Waals surface area contributed by atoms with E-state index >= 15 is 0 Å². The normalized spacial score (nSPS) is 12.4. The molecule has 3 aromatic rings. The predicted molar refractivity (Wildman–Crippen MR) is 116 cm³/mol. The molecule has 27 heavy (non-hydrogen) atoms. The first-order valence-electron chi connectivity index (χ1n) is 9.36. The molecule has 2 nitrogen and oxygen atoms in total. The lowest BCUT2D eigenvalue weighted by atomic mass is 10.0. The van der Waals surface area contributed by atoms with Gasteiger partial charge < -0.3 is 0 Å². The standard InChI is InChI=1S/C24H26NOP/c1-2-12-22(20-19-21-13-6-3-7-14-21)25-27(26,23-15-8-4-9-16-23)24-17-10-5-11-18-24/h2-11,13-18,22H,1,12,19-20H2,(H,25,26). The lowest BCUT2D eigenvalue weighted by Gasteiger charge is -2.26. The monoisotopic (exact) mass is 375 g/mol. The molecular weight excluding hydrogens is 349 g/mol. The quantitative estimate of drug-likeness (QED) is 0.417. The van der Waals surface area contributed by atoms with Crippen molar-refractivity contribution in [3.05, 3.63) is 109 Å². The summed E-state index contributed by atoms with van der Waals surface area (Å²) in [6.07, 6.45) is 4.52. The Morgan fingerprint density at radius 3 is 1.78 bits per heavy atom. The summed E-state index contributed by atoms with van der Waals surface area (Å²) in [5.41, 5.74) is 1.29. The van der Waals surface area contributed by atoms with Crippen LogP contribution in [0.15, 0.2) is 104 Å². The highest BCUT2D eigenvalue weighted by molar-refractivity contribution is 7.76. The third-order valence-electron chi connectivity index (χ3n) is 4.68. The zero-order valence-corrected chi connectivity index (χ0v) is 16.4. The van der Waals surface area contributed by atoms with E-state index in [4.69, 9.17) is 0 Å². The van der Waals surface area contributed by atoms with Gasteiger partial charge in [0.15, 0.2) is 0 Å². The summed E-state index contributed by atoms with van der Waals surface area (Å²) in [5, 5.41) is 5.19. The van der Waals surface area contributed by atoms with Crippen LogP contribution in [0.2, 0.25) is 0 Å². The van der Waals surface area contributed by atoms with Crippen LogP contribution in [0.5, 0.6) is 0 Å². The molecule has 0 heterocycles. The maximum absolute atomic E-state index is 14.2. The van der Waals surface area contributed by atoms with Gasteiger partial charge in [0.2, 0.25) is 7.29 Å². The number of aryl methyl sites for hydroxylation is 1. The van der Waals surface area contributed by atoms with E-state index in [9.17, 15) is 4.57 Å². The Morgan fingerprint density at radius 1 is 0.815 bits per heavy atom. The van der Waals surface area contributed by atoms with Crippen molar-refractivity contribution in [1.82, 2.24) is 5.09 Å². The third-order valence-corrected chi connectivity index (χ3v) is 7.46. The van der Waals surface area contributed by atoms with Crippen LogP contribution in [0, 0.1) is 0 Å². The summed E-state index contributed by atoms with van der Waals surface area (Å²) in [4.78, 5) is 0. The second-order valence-electron chi connectivity index (χ2n) is 6.66. The van der Waals surface area contributed by atoms with Gasteiger partial charge >= 0.3 is 0 Å². The molecular formula is C24H26NOP. The van der Waals surface area contributed by atoms with E-state index < -0.39 is 7.29 Å². The molecule has 0 aliphatic carbocycles. The highest BCUT2D eigenvalue weighted by Crippen LogP contribution is 2.40. The van der Waals surface area contributed by atoms with Crippen LogP contribution in [-0.2, 0) is 11.0 Å². The summed E-state index contributed by atoms with van der Waals surface area (Å²) in [5.74, 6) is 0. The van der Waals surface area contributed by atoms with E-state index in [1.165, 1.54) is 5.56 Å². The van der Waals surface area contributed by atoms with Gasteiger partial charge in [0.05, 0.1) is 0 Å². The van der Waals surface area contributed by atoms with Crippen LogP contribution >= 0.6 is 7.29 Å². The highest BCUT2D eigenvalue weighted by atomic mass is 31.2. The van der Waals surface area contributed by atoms with Gasteiger partial charge in [-0.1, -0.05) is 72.8 Å². The largest absolute Gasteiger partial charge is 0.297 e. The van der Waals surface area contributed by atoms with Crippen molar-refractivity contribution in [2.75, 3.05) is 0 Å². The maximum atomic E-state index is 14.2. The van der Waals surface area contributed by atoms with Crippen molar-refractivity contribution in [1.29, 1.82) is 0 Å². The van der Waals surface area contributed by atoms with Crippen molar-refractivity contribution in [3.8, 4) is 0 Å². The van der Waals surface area contributed by atoms with Crippen molar-refractivity contribution in [3.63, 3.8) is 0 Å². The van der Waals surface area contributed by atoms with Crippen molar-refractivity contribution in [2.45, 2.75) is 25.3 Å². The van der Waals surface area contributed by atoms with Crippen LogP contribution < -0.4 is 15.7 Å². The van der Waals surface area contributed by atoms with Gasteiger partial charge in [-0.3, -0.25) is 9.65 Å². The van der Waals surface area contributed by atoms with Gasteiger partial charge in [-0.25, -0.2) is 0 Å². The lowest BCUT2D eigenvalue weighted by Crippen LogP contribution is -2.35. The summed E-state index contributed by atoms with van der Waals surface area (Å²) in [6.45, 7) is 3.90. The molecule has 0 aliphatic rings. The SMILES string of the molecule is C=CCC(CCc1ccccc1)NP(=O)(c1ccccc1)c1ccccc1. The molecule has 138 valence electrons. The zero-order valence-electron chi connectivity index (χ0n) is 15.5. The fourth-order valence-corrected chi connectivity index (χ4v) is 5.78. The molecule has 3 aromatic carbocycles. The molecule has 0 aromatic heterocycles. The molecule has 0 spiro atoms. The highest BCUT2D eigenvalue weighted by Gasteiger charge is 2.29. The topological polar surface area (TPSA) is 29.1 Å². The van der Waals surface area contributed by atoms with Crippen molar-refractivity contribution in [2.24, 2.45) is 0 Å². The van der Waals surface area contributed by atoms with E-state index in [0.717, 1.165) is 29.9 Å². The molecule has 0 bridgehead atoms. The van der Waals surface area contributed by atoms with Crippen molar-refractivity contribution < 1.29 is 4.57 Å². The minimum Gasteiger partial charge on any atom is -0.297 e. The van der Waals surface area contributed by atoms with Crippen LogP contribution in [0.1, 0.15) is 18.4 Å². The molecule has 1 N–H and O–H groups in total. The third kappa shape index (κ3) is 5.07. The minimum atomic E-state index is -2.93. The maximum Gasteiger partial charge on any atom is 0.204 e. The van der Waals surface area contributed by atoms with Crippen molar-refractivity contribution >= 4 is 17.9 Å². The molecule has 0 saturated heterocycles. The molecule has 3 rings (SSSR count). The van der Waals surface area contributed by atoms with E-state index in [1.807, 2.05) is 72.8 Å². The fraction of sp³-hybridized carbons (Fsp3) is 0.167. The first kappa shape index (κ1) is 19.4. The molecule has 0 fully saturated rings. The van der Waals surface area contributed by atoms with E-state index in [1.54, 1.807) is 0 Å². The molecule has 3 heteroatoms. The summed E-state index contributed by atoms with van der Waals surface area (Å²) in [6, 6.07) is 30.0. The Hall–Kier alpha value is -2.41. The van der Waals surface area contributed by atoms with Crippen LogP contribution in [0.4, 0.5) is 0 Å². The number of benzene rings is 3. The number of hydrogen-bond donors (Lipinski definition) is 1. The second kappa shape index (κ2) is 9.50. The Balaban J connectivity index is 1.87. The molecule has 0 aliphatic heterocycles. The number of hydrogen-bond acceptors (Lipinski definition) is 1. The molecule has 1 atom stereocenters. The van der Waals surface area contributed by atoms with E-state index in [0.29, 0.717) is 0 Å². The van der Waals surface area contributed by atoms with Gasteiger partial charge in [-0.15, -0.1) is 6.58 Å². The predicted octanol–water partition coefficient (Wildman–Crippen LogP) is 5.08.